The number of rotatable bonds is 5. The van der Waals surface area contributed by atoms with Crippen molar-refractivity contribution in [2.75, 3.05) is 0 Å². The molecular weight excluding hydrogens is 578 g/mol. The predicted octanol–water partition coefficient (Wildman–Crippen LogP) is 9.49. The summed E-state index contributed by atoms with van der Waals surface area (Å²) in [5.41, 5.74) is 12.7. The van der Waals surface area contributed by atoms with Crippen LogP contribution in [0.1, 0.15) is 36.2 Å². The number of para-hydroxylation sites is 2. The molecule has 226 valence electrons. The molecule has 1 aliphatic heterocycles. The first-order chi connectivity index (χ1) is 23.1. The van der Waals surface area contributed by atoms with E-state index in [9.17, 15) is 5.26 Å². The van der Waals surface area contributed by atoms with Crippen molar-refractivity contribution in [3.63, 3.8) is 0 Å². The molecule has 6 heteroatoms. The number of nitrogens with one attached hydrogen (secondary N) is 1. The van der Waals surface area contributed by atoms with Gasteiger partial charge in [0.2, 0.25) is 0 Å². The molecule has 1 N–H and O–H groups in total. The number of furan rings is 1. The number of nitrogens with zero attached hydrogens (tertiary/aromatic N) is 4. The number of hydrogen-bond acceptors (Lipinski definition) is 5. The molecule has 0 radical (unpaired) electrons. The van der Waals surface area contributed by atoms with Crippen molar-refractivity contribution in [3.8, 4) is 11.8 Å². The van der Waals surface area contributed by atoms with E-state index in [0.29, 0.717) is 18.0 Å². The fourth-order valence-electron chi connectivity index (χ4n) is 6.99. The lowest BCUT2D eigenvalue weighted by Gasteiger charge is -2.24. The zero-order valence-corrected chi connectivity index (χ0v) is 25.9. The molecule has 2 atom stereocenters. The molecule has 0 fully saturated rings. The van der Waals surface area contributed by atoms with E-state index in [0.717, 1.165) is 67.6 Å². The minimum atomic E-state index is -0.227. The van der Waals surface area contributed by atoms with Gasteiger partial charge in [0, 0.05) is 32.8 Å². The van der Waals surface area contributed by atoms with E-state index in [1.165, 1.54) is 10.8 Å². The number of aromatic nitrogens is 1. The van der Waals surface area contributed by atoms with Gasteiger partial charge >= 0.3 is 0 Å². The summed E-state index contributed by atoms with van der Waals surface area (Å²) in [7, 11) is 0. The molecule has 6 nitrogen and oxygen atoms in total. The average molecular weight is 610 g/mol. The average Bonchev–Trinajstić information content (AvgIpc) is 3.81. The van der Waals surface area contributed by atoms with E-state index in [1.807, 2.05) is 36.4 Å². The highest BCUT2D eigenvalue weighted by atomic mass is 16.3. The lowest BCUT2D eigenvalue weighted by Crippen LogP contribution is -2.38. The van der Waals surface area contributed by atoms with E-state index in [-0.39, 0.29) is 6.17 Å². The second-order valence-electron chi connectivity index (χ2n) is 12.5. The summed E-state index contributed by atoms with van der Waals surface area (Å²) in [5, 5.41) is 16.1. The summed E-state index contributed by atoms with van der Waals surface area (Å²) >= 11 is 0. The fourth-order valence-corrected chi connectivity index (χ4v) is 6.99. The molecule has 1 aliphatic carbocycles. The van der Waals surface area contributed by atoms with E-state index < -0.39 is 0 Å². The maximum absolute atomic E-state index is 9.27. The largest absolute Gasteiger partial charge is 0.454 e. The number of hydrazine groups is 1. The van der Waals surface area contributed by atoms with Gasteiger partial charge in [-0.2, -0.15) is 5.26 Å². The van der Waals surface area contributed by atoms with E-state index >= 15 is 0 Å². The minimum absolute atomic E-state index is 0.227. The molecule has 0 saturated carbocycles. The SMILES string of the molecule is CC1C=CC(C2=NC(c3ccc(C#N)cc3)NN2Cc2ccc(-n3c4ccccc4c4ccc5c6ccccc6oc5c43)cc2)=CC1. The molecule has 47 heavy (non-hydrogen) atoms. The van der Waals surface area contributed by atoms with Gasteiger partial charge in [0.05, 0.1) is 29.2 Å². The Labute approximate surface area is 272 Å². The Morgan fingerprint density at radius 2 is 1.62 bits per heavy atom. The number of amidine groups is 1. The van der Waals surface area contributed by atoms with Crippen molar-refractivity contribution in [1.82, 2.24) is 15.0 Å². The van der Waals surface area contributed by atoms with Crippen molar-refractivity contribution in [1.29, 1.82) is 5.26 Å². The standard InChI is InChI=1S/C41H31N5O/c1-26-10-16-30(17-11-26)41-43-40(29-18-12-27(24-42)13-19-29)44-45(41)25-28-14-20-31(21-15-28)46-36-8-4-2-6-32(36)34-22-23-35-33-7-3-5-9-37(33)47-39(35)38(34)46/h2-10,12-23,26,40,44H,11,25H2,1H3. The molecular formula is C41H31N5O. The normalized spacial score (nSPS) is 17.9. The first-order valence-electron chi connectivity index (χ1n) is 16.1. The predicted molar refractivity (Wildman–Crippen MR) is 189 cm³/mol. The number of fused-ring (bicyclic) bond motifs is 7. The van der Waals surface area contributed by atoms with Crippen LogP contribution < -0.4 is 5.43 Å². The van der Waals surface area contributed by atoms with Gasteiger partial charge in [-0.25, -0.2) is 10.4 Å². The Bertz CT molecular complexity index is 2470. The van der Waals surface area contributed by atoms with Crippen molar-refractivity contribution in [2.45, 2.75) is 26.1 Å². The van der Waals surface area contributed by atoms with Crippen LogP contribution in [0.3, 0.4) is 0 Å². The summed E-state index contributed by atoms with van der Waals surface area (Å²) in [4.78, 5) is 5.13. The zero-order valence-electron chi connectivity index (χ0n) is 25.9. The van der Waals surface area contributed by atoms with Gasteiger partial charge < -0.3 is 8.98 Å². The smallest absolute Gasteiger partial charge is 0.160 e. The molecule has 5 aromatic carbocycles. The Hall–Kier alpha value is -5.90. The Kier molecular flexibility index (Phi) is 6.34. The van der Waals surface area contributed by atoms with Crippen molar-refractivity contribution < 1.29 is 4.42 Å². The van der Waals surface area contributed by atoms with Gasteiger partial charge in [-0.15, -0.1) is 0 Å². The molecule has 2 aromatic heterocycles. The van der Waals surface area contributed by atoms with Crippen LogP contribution >= 0.6 is 0 Å². The van der Waals surface area contributed by atoms with E-state index in [4.69, 9.17) is 9.41 Å². The van der Waals surface area contributed by atoms with Crippen molar-refractivity contribution in [2.24, 2.45) is 10.9 Å². The number of hydrogen-bond donors (Lipinski definition) is 1. The summed E-state index contributed by atoms with van der Waals surface area (Å²) < 4.78 is 8.86. The molecule has 9 rings (SSSR count). The Balaban J connectivity index is 1.09. The fraction of sp³-hybridized carbons (Fsp3) is 0.122. The summed E-state index contributed by atoms with van der Waals surface area (Å²) in [6.45, 7) is 2.88. The van der Waals surface area contributed by atoms with Crippen LogP contribution in [0.25, 0.3) is 49.4 Å². The summed E-state index contributed by atoms with van der Waals surface area (Å²) in [6, 6.07) is 39.9. The highest BCUT2D eigenvalue weighted by Crippen LogP contribution is 2.40. The lowest BCUT2D eigenvalue weighted by atomic mass is 9.98. The van der Waals surface area contributed by atoms with E-state index in [1.54, 1.807) is 0 Å². The van der Waals surface area contributed by atoms with Crippen LogP contribution in [-0.2, 0) is 6.54 Å². The minimum Gasteiger partial charge on any atom is -0.454 e. The number of benzene rings is 5. The maximum Gasteiger partial charge on any atom is 0.160 e. The van der Waals surface area contributed by atoms with Crippen LogP contribution in [0.2, 0.25) is 0 Å². The van der Waals surface area contributed by atoms with Gasteiger partial charge in [0.25, 0.3) is 0 Å². The van der Waals surface area contributed by atoms with Gasteiger partial charge in [-0.1, -0.05) is 91.9 Å². The monoisotopic (exact) mass is 609 g/mol. The number of aliphatic imine (C=N–C) groups is 1. The first kappa shape index (κ1) is 27.4. The molecule has 0 spiro atoms. The highest BCUT2D eigenvalue weighted by Gasteiger charge is 2.28. The second-order valence-corrected chi connectivity index (χ2v) is 12.5. The Morgan fingerprint density at radius 3 is 2.40 bits per heavy atom. The molecule has 7 aromatic rings. The van der Waals surface area contributed by atoms with Gasteiger partial charge in [-0.3, -0.25) is 5.01 Å². The van der Waals surface area contributed by atoms with E-state index in [2.05, 4.69) is 119 Å². The van der Waals surface area contributed by atoms with Crippen LogP contribution in [0.4, 0.5) is 0 Å². The lowest BCUT2D eigenvalue weighted by molar-refractivity contribution is 0.293. The summed E-state index contributed by atoms with van der Waals surface area (Å²) in [5.74, 6) is 1.45. The number of nitriles is 1. The number of allylic oxidation sites excluding steroid dienone is 2. The van der Waals surface area contributed by atoms with Crippen molar-refractivity contribution >= 4 is 49.6 Å². The van der Waals surface area contributed by atoms with Crippen molar-refractivity contribution in [3.05, 3.63) is 150 Å². The summed E-state index contributed by atoms with van der Waals surface area (Å²) in [6.07, 6.45) is 7.49. The zero-order chi connectivity index (χ0) is 31.5. The van der Waals surface area contributed by atoms with Crippen LogP contribution in [0.15, 0.2) is 142 Å². The molecule has 2 aliphatic rings. The van der Waals surface area contributed by atoms with Crippen LogP contribution in [0.5, 0.6) is 0 Å². The van der Waals surface area contributed by atoms with Gasteiger partial charge in [0.15, 0.2) is 5.58 Å². The molecule has 0 bridgehead atoms. The van der Waals surface area contributed by atoms with Crippen LogP contribution in [0, 0.1) is 17.2 Å². The molecule has 2 unspecified atom stereocenters. The third-order valence-corrected chi connectivity index (χ3v) is 9.43. The van der Waals surface area contributed by atoms with Gasteiger partial charge in [-0.05, 0) is 65.9 Å². The quantitative estimate of drug-likeness (QED) is 0.211. The third kappa shape index (κ3) is 4.55. The van der Waals surface area contributed by atoms with Crippen LogP contribution in [-0.4, -0.2) is 15.4 Å². The van der Waals surface area contributed by atoms with Gasteiger partial charge in [0.1, 0.15) is 17.6 Å². The Morgan fingerprint density at radius 1 is 0.851 bits per heavy atom. The topological polar surface area (TPSA) is 69.5 Å². The third-order valence-electron chi connectivity index (χ3n) is 9.43. The first-order valence-corrected chi connectivity index (χ1v) is 16.1. The second kappa shape index (κ2) is 10.9. The molecule has 0 amide bonds. The highest BCUT2D eigenvalue weighted by molar-refractivity contribution is 6.21. The molecule has 3 heterocycles. The maximum atomic E-state index is 9.27. The molecule has 0 saturated heterocycles.